The van der Waals surface area contributed by atoms with E-state index in [1.54, 1.807) is 0 Å². The summed E-state index contributed by atoms with van der Waals surface area (Å²) < 4.78 is 0. The van der Waals surface area contributed by atoms with Crippen molar-refractivity contribution >= 4 is 0 Å². The third kappa shape index (κ3) is 3.08. The monoisotopic (exact) mass is 221 g/mol. The maximum absolute atomic E-state index is 4.25. The van der Waals surface area contributed by atoms with Crippen LogP contribution in [0.15, 0.2) is 12.4 Å². The molecule has 1 heterocycles. The van der Waals surface area contributed by atoms with Gasteiger partial charge in [0.2, 0.25) is 0 Å². The lowest BCUT2D eigenvalue weighted by atomic mass is 9.97. The molecule has 0 spiro atoms. The molecule has 1 saturated carbocycles. The van der Waals surface area contributed by atoms with Gasteiger partial charge in [-0.2, -0.15) is 0 Å². The second kappa shape index (κ2) is 6.04. The number of H-pyrrole nitrogens is 1. The van der Waals surface area contributed by atoms with Crippen molar-refractivity contribution in [2.45, 2.75) is 58.0 Å². The SMILES string of the molecule is CCCC[C@H]1CCC[C@H]1NCc1ncc[nH]1. The Balaban J connectivity index is 1.75. The van der Waals surface area contributed by atoms with Gasteiger partial charge in [0.25, 0.3) is 0 Å². The largest absolute Gasteiger partial charge is 0.348 e. The first-order chi connectivity index (χ1) is 7.90. The first kappa shape index (κ1) is 11.6. The average molecular weight is 221 g/mol. The lowest BCUT2D eigenvalue weighted by Gasteiger charge is -2.20. The van der Waals surface area contributed by atoms with Gasteiger partial charge in [-0.3, -0.25) is 0 Å². The van der Waals surface area contributed by atoms with Gasteiger partial charge in [-0.25, -0.2) is 4.98 Å². The summed E-state index contributed by atoms with van der Waals surface area (Å²) in [5.74, 6) is 1.95. The number of nitrogens with zero attached hydrogens (tertiary/aromatic N) is 1. The van der Waals surface area contributed by atoms with E-state index in [9.17, 15) is 0 Å². The fraction of sp³-hybridized carbons (Fsp3) is 0.769. The second-order valence-corrected chi connectivity index (χ2v) is 4.86. The van der Waals surface area contributed by atoms with Gasteiger partial charge >= 0.3 is 0 Å². The van der Waals surface area contributed by atoms with Gasteiger partial charge in [-0.1, -0.05) is 26.2 Å². The number of hydrogen-bond acceptors (Lipinski definition) is 2. The summed E-state index contributed by atoms with van der Waals surface area (Å²) in [6.07, 6.45) is 12.0. The summed E-state index contributed by atoms with van der Waals surface area (Å²) in [7, 11) is 0. The lowest BCUT2D eigenvalue weighted by molar-refractivity contribution is 0.366. The summed E-state index contributed by atoms with van der Waals surface area (Å²) >= 11 is 0. The fourth-order valence-corrected chi connectivity index (χ4v) is 2.74. The number of hydrogen-bond donors (Lipinski definition) is 2. The van der Waals surface area contributed by atoms with Crippen LogP contribution in [0.1, 0.15) is 51.3 Å². The maximum Gasteiger partial charge on any atom is 0.120 e. The van der Waals surface area contributed by atoms with Crippen molar-refractivity contribution in [2.24, 2.45) is 5.92 Å². The Bertz CT molecular complexity index is 281. The molecule has 0 aromatic carbocycles. The van der Waals surface area contributed by atoms with E-state index in [-0.39, 0.29) is 0 Å². The quantitative estimate of drug-likeness (QED) is 0.775. The summed E-state index contributed by atoms with van der Waals surface area (Å²) in [4.78, 5) is 7.39. The lowest BCUT2D eigenvalue weighted by Crippen LogP contribution is -2.32. The fourth-order valence-electron chi connectivity index (χ4n) is 2.74. The summed E-state index contributed by atoms with van der Waals surface area (Å²) in [5.41, 5.74) is 0. The minimum atomic E-state index is 0.719. The van der Waals surface area contributed by atoms with Crippen LogP contribution in [0.25, 0.3) is 0 Å². The molecule has 0 unspecified atom stereocenters. The maximum atomic E-state index is 4.25. The molecule has 90 valence electrons. The van der Waals surface area contributed by atoms with E-state index < -0.39 is 0 Å². The molecule has 0 bridgehead atoms. The average Bonchev–Trinajstić information content (AvgIpc) is 2.94. The number of nitrogens with one attached hydrogen (secondary N) is 2. The minimum absolute atomic E-state index is 0.719. The summed E-state index contributed by atoms with van der Waals surface area (Å²) in [6.45, 7) is 3.17. The predicted molar refractivity (Wildman–Crippen MR) is 66.1 cm³/mol. The number of imidazole rings is 1. The molecule has 1 aromatic rings. The third-order valence-electron chi connectivity index (χ3n) is 3.67. The van der Waals surface area contributed by atoms with Crippen LogP contribution in [-0.4, -0.2) is 16.0 Å². The van der Waals surface area contributed by atoms with Gasteiger partial charge < -0.3 is 10.3 Å². The molecule has 0 radical (unpaired) electrons. The Morgan fingerprint density at radius 2 is 2.44 bits per heavy atom. The first-order valence-electron chi connectivity index (χ1n) is 6.61. The molecule has 0 amide bonds. The Morgan fingerprint density at radius 3 is 3.19 bits per heavy atom. The molecule has 1 aliphatic rings. The number of unbranched alkanes of at least 4 members (excludes halogenated alkanes) is 1. The zero-order valence-electron chi connectivity index (χ0n) is 10.2. The number of aromatic nitrogens is 2. The van der Waals surface area contributed by atoms with Gasteiger partial charge in [-0.05, 0) is 25.2 Å². The number of aromatic amines is 1. The zero-order valence-corrected chi connectivity index (χ0v) is 10.2. The molecule has 3 nitrogen and oxygen atoms in total. The van der Waals surface area contributed by atoms with Crippen molar-refractivity contribution in [1.82, 2.24) is 15.3 Å². The van der Waals surface area contributed by atoms with E-state index in [2.05, 4.69) is 22.2 Å². The van der Waals surface area contributed by atoms with Crippen LogP contribution in [0.5, 0.6) is 0 Å². The molecule has 0 aliphatic heterocycles. The van der Waals surface area contributed by atoms with Crippen molar-refractivity contribution in [3.8, 4) is 0 Å². The van der Waals surface area contributed by atoms with E-state index in [0.717, 1.165) is 24.3 Å². The van der Waals surface area contributed by atoms with E-state index in [0.29, 0.717) is 0 Å². The molecule has 0 saturated heterocycles. The normalized spacial score (nSPS) is 25.1. The predicted octanol–water partition coefficient (Wildman–Crippen LogP) is 2.86. The van der Waals surface area contributed by atoms with E-state index in [1.807, 2.05) is 12.4 Å². The highest BCUT2D eigenvalue weighted by Crippen LogP contribution is 2.29. The van der Waals surface area contributed by atoms with Gasteiger partial charge in [0, 0.05) is 18.4 Å². The topological polar surface area (TPSA) is 40.7 Å². The molecule has 16 heavy (non-hydrogen) atoms. The standard InChI is InChI=1S/C13H23N3/c1-2-3-5-11-6-4-7-12(11)16-10-13-14-8-9-15-13/h8-9,11-12,16H,2-7,10H2,1H3,(H,14,15)/t11-,12+/m0/s1. The zero-order chi connectivity index (χ0) is 11.2. The van der Waals surface area contributed by atoms with E-state index in [1.165, 1.54) is 38.5 Å². The van der Waals surface area contributed by atoms with E-state index in [4.69, 9.17) is 0 Å². The minimum Gasteiger partial charge on any atom is -0.348 e. The first-order valence-corrected chi connectivity index (χ1v) is 6.61. The molecular weight excluding hydrogens is 198 g/mol. The van der Waals surface area contributed by atoms with Crippen molar-refractivity contribution in [3.63, 3.8) is 0 Å². The van der Waals surface area contributed by atoms with Crippen molar-refractivity contribution in [1.29, 1.82) is 0 Å². The Labute approximate surface area is 98.1 Å². The van der Waals surface area contributed by atoms with Crippen molar-refractivity contribution in [2.75, 3.05) is 0 Å². The summed E-state index contributed by atoms with van der Waals surface area (Å²) in [6, 6.07) is 0.719. The molecule has 2 rings (SSSR count). The number of rotatable bonds is 6. The summed E-state index contributed by atoms with van der Waals surface area (Å²) in [5, 5.41) is 3.65. The van der Waals surface area contributed by atoms with Gasteiger partial charge in [0.05, 0.1) is 6.54 Å². The molecule has 2 N–H and O–H groups in total. The molecular formula is C13H23N3. The highest BCUT2D eigenvalue weighted by atomic mass is 15.0. The molecule has 1 aliphatic carbocycles. The molecule has 1 aromatic heterocycles. The Hall–Kier alpha value is -0.830. The van der Waals surface area contributed by atoms with Crippen LogP contribution in [0.2, 0.25) is 0 Å². The van der Waals surface area contributed by atoms with Gasteiger partial charge in [-0.15, -0.1) is 0 Å². The van der Waals surface area contributed by atoms with Crippen LogP contribution < -0.4 is 5.32 Å². The second-order valence-electron chi connectivity index (χ2n) is 4.86. The van der Waals surface area contributed by atoms with Crippen LogP contribution in [0, 0.1) is 5.92 Å². The molecule has 2 atom stereocenters. The van der Waals surface area contributed by atoms with Gasteiger partial charge in [0.1, 0.15) is 5.82 Å². The van der Waals surface area contributed by atoms with Crippen LogP contribution in [0.3, 0.4) is 0 Å². The highest BCUT2D eigenvalue weighted by molar-refractivity contribution is 4.89. The highest BCUT2D eigenvalue weighted by Gasteiger charge is 2.25. The van der Waals surface area contributed by atoms with Gasteiger partial charge in [0.15, 0.2) is 0 Å². The van der Waals surface area contributed by atoms with Crippen LogP contribution in [0.4, 0.5) is 0 Å². The Morgan fingerprint density at radius 1 is 1.50 bits per heavy atom. The molecule has 1 fully saturated rings. The van der Waals surface area contributed by atoms with E-state index >= 15 is 0 Å². The molecule has 3 heteroatoms. The van der Waals surface area contributed by atoms with Crippen molar-refractivity contribution in [3.05, 3.63) is 18.2 Å². The van der Waals surface area contributed by atoms with Crippen LogP contribution >= 0.6 is 0 Å². The van der Waals surface area contributed by atoms with Crippen LogP contribution in [-0.2, 0) is 6.54 Å². The smallest absolute Gasteiger partial charge is 0.120 e. The Kier molecular flexibility index (Phi) is 4.40. The third-order valence-corrected chi connectivity index (χ3v) is 3.67. The van der Waals surface area contributed by atoms with Crippen molar-refractivity contribution < 1.29 is 0 Å².